The van der Waals surface area contributed by atoms with Crippen LogP contribution in [0, 0.1) is 11.8 Å². The second-order valence-electron chi connectivity index (χ2n) is 4.26. The van der Waals surface area contributed by atoms with E-state index in [0.717, 1.165) is 26.3 Å². The Hall–Kier alpha value is -0.280. The molecule has 1 rings (SSSR count). The Kier molecular flexibility index (Phi) is 4.87. The van der Waals surface area contributed by atoms with Crippen LogP contribution in [0.25, 0.3) is 0 Å². The first-order chi connectivity index (χ1) is 7.06. The molecule has 0 N–H and O–H groups in total. The molecule has 1 aliphatic heterocycles. The molecule has 0 aromatic carbocycles. The molecular formula is C11H20ClNO2. The van der Waals surface area contributed by atoms with Crippen LogP contribution < -0.4 is 0 Å². The molecule has 88 valence electrons. The first-order valence-electron chi connectivity index (χ1n) is 5.56. The topological polar surface area (TPSA) is 29.5 Å². The Morgan fingerprint density at radius 3 is 2.80 bits per heavy atom. The Morgan fingerprint density at radius 1 is 1.60 bits per heavy atom. The van der Waals surface area contributed by atoms with E-state index in [1.165, 1.54) is 0 Å². The minimum Gasteiger partial charge on any atom is -0.381 e. The third-order valence-corrected chi connectivity index (χ3v) is 3.14. The number of likely N-dealkylation sites (tertiary alicyclic amines) is 1. The van der Waals surface area contributed by atoms with Gasteiger partial charge in [-0.2, -0.15) is 0 Å². The Morgan fingerprint density at radius 2 is 2.27 bits per heavy atom. The van der Waals surface area contributed by atoms with Gasteiger partial charge in [-0.25, -0.2) is 0 Å². The van der Waals surface area contributed by atoms with Gasteiger partial charge in [-0.15, -0.1) is 11.6 Å². The van der Waals surface area contributed by atoms with Gasteiger partial charge < -0.3 is 9.64 Å². The molecule has 1 aliphatic rings. The summed E-state index contributed by atoms with van der Waals surface area (Å²) in [7, 11) is 0. The van der Waals surface area contributed by atoms with Crippen LogP contribution in [-0.2, 0) is 9.53 Å². The van der Waals surface area contributed by atoms with Gasteiger partial charge in [0.05, 0.1) is 6.61 Å². The Bertz CT molecular complexity index is 221. The quantitative estimate of drug-likeness (QED) is 0.693. The SMILES string of the molecule is CCOC[C@@H]1CN(C(=O)[C@H](C)Cl)C[C@@H]1C. The van der Waals surface area contributed by atoms with Crippen LogP contribution >= 0.6 is 11.6 Å². The lowest BCUT2D eigenvalue weighted by atomic mass is 9.99. The molecule has 0 bridgehead atoms. The van der Waals surface area contributed by atoms with E-state index in [4.69, 9.17) is 16.3 Å². The molecule has 0 aromatic heterocycles. The lowest BCUT2D eigenvalue weighted by molar-refractivity contribution is -0.129. The highest BCUT2D eigenvalue weighted by molar-refractivity contribution is 6.30. The summed E-state index contributed by atoms with van der Waals surface area (Å²) in [4.78, 5) is 13.5. The van der Waals surface area contributed by atoms with E-state index < -0.39 is 5.38 Å². The van der Waals surface area contributed by atoms with E-state index in [2.05, 4.69) is 6.92 Å². The fourth-order valence-corrected chi connectivity index (χ4v) is 2.09. The highest BCUT2D eigenvalue weighted by atomic mass is 35.5. The highest BCUT2D eigenvalue weighted by Crippen LogP contribution is 2.24. The van der Waals surface area contributed by atoms with Crippen molar-refractivity contribution in [3.05, 3.63) is 0 Å². The molecular weight excluding hydrogens is 214 g/mol. The number of hydrogen-bond acceptors (Lipinski definition) is 2. The van der Waals surface area contributed by atoms with E-state index in [9.17, 15) is 4.79 Å². The van der Waals surface area contributed by atoms with Gasteiger partial charge in [-0.3, -0.25) is 4.79 Å². The molecule has 15 heavy (non-hydrogen) atoms. The predicted octanol–water partition coefficient (Wildman–Crippen LogP) is 1.74. The molecule has 4 heteroatoms. The molecule has 0 aromatic rings. The second-order valence-corrected chi connectivity index (χ2v) is 4.91. The van der Waals surface area contributed by atoms with Crippen molar-refractivity contribution in [2.24, 2.45) is 11.8 Å². The van der Waals surface area contributed by atoms with Gasteiger partial charge in [0.1, 0.15) is 5.38 Å². The smallest absolute Gasteiger partial charge is 0.240 e. The second kappa shape index (κ2) is 5.71. The first-order valence-corrected chi connectivity index (χ1v) is 6.00. The van der Waals surface area contributed by atoms with Crippen LogP contribution in [0.4, 0.5) is 0 Å². The average Bonchev–Trinajstić information content (AvgIpc) is 2.55. The third-order valence-electron chi connectivity index (χ3n) is 2.96. The molecule has 0 radical (unpaired) electrons. The molecule has 0 spiro atoms. The number of ether oxygens (including phenoxy) is 1. The van der Waals surface area contributed by atoms with Gasteiger partial charge in [-0.05, 0) is 19.8 Å². The molecule has 0 aliphatic carbocycles. The average molecular weight is 234 g/mol. The largest absolute Gasteiger partial charge is 0.381 e. The summed E-state index contributed by atoms with van der Waals surface area (Å²) in [5.74, 6) is 1.02. The number of rotatable bonds is 4. The highest BCUT2D eigenvalue weighted by Gasteiger charge is 2.33. The van der Waals surface area contributed by atoms with Crippen molar-refractivity contribution >= 4 is 17.5 Å². The van der Waals surface area contributed by atoms with Crippen molar-refractivity contribution in [1.29, 1.82) is 0 Å². The molecule has 0 unspecified atom stereocenters. The maximum Gasteiger partial charge on any atom is 0.240 e. The third kappa shape index (κ3) is 3.35. The zero-order valence-electron chi connectivity index (χ0n) is 9.70. The van der Waals surface area contributed by atoms with Crippen LogP contribution in [0.1, 0.15) is 20.8 Å². The number of nitrogens with zero attached hydrogens (tertiary/aromatic N) is 1. The predicted molar refractivity (Wildman–Crippen MR) is 61.0 cm³/mol. The molecule has 1 fully saturated rings. The number of carbonyl (C=O) groups excluding carboxylic acids is 1. The van der Waals surface area contributed by atoms with Crippen molar-refractivity contribution in [3.63, 3.8) is 0 Å². The van der Waals surface area contributed by atoms with Crippen molar-refractivity contribution in [1.82, 2.24) is 4.90 Å². The monoisotopic (exact) mass is 233 g/mol. The van der Waals surface area contributed by atoms with E-state index in [0.29, 0.717) is 11.8 Å². The fourth-order valence-electron chi connectivity index (χ4n) is 1.95. The van der Waals surface area contributed by atoms with E-state index in [1.807, 2.05) is 11.8 Å². The zero-order valence-corrected chi connectivity index (χ0v) is 10.5. The van der Waals surface area contributed by atoms with Crippen molar-refractivity contribution in [3.8, 4) is 0 Å². The summed E-state index contributed by atoms with van der Waals surface area (Å²) >= 11 is 5.79. The van der Waals surface area contributed by atoms with E-state index in [1.54, 1.807) is 6.92 Å². The van der Waals surface area contributed by atoms with Crippen LogP contribution in [0.5, 0.6) is 0 Å². The van der Waals surface area contributed by atoms with Gasteiger partial charge in [0.15, 0.2) is 0 Å². The molecule has 1 heterocycles. The van der Waals surface area contributed by atoms with Gasteiger partial charge in [-0.1, -0.05) is 6.92 Å². The summed E-state index contributed by atoms with van der Waals surface area (Å²) in [6.45, 7) is 8.97. The number of amides is 1. The summed E-state index contributed by atoms with van der Waals surface area (Å²) in [6, 6.07) is 0. The maximum atomic E-state index is 11.7. The standard InChI is InChI=1S/C11H20ClNO2/c1-4-15-7-10-6-13(5-8(10)2)11(14)9(3)12/h8-10H,4-7H2,1-3H3/t8-,9-,10-/m0/s1. The lowest BCUT2D eigenvalue weighted by Crippen LogP contribution is -2.34. The first kappa shape index (κ1) is 12.8. The van der Waals surface area contributed by atoms with Crippen molar-refractivity contribution < 1.29 is 9.53 Å². The van der Waals surface area contributed by atoms with E-state index in [-0.39, 0.29) is 5.91 Å². The Balaban J connectivity index is 2.44. The molecule has 1 amide bonds. The number of halogens is 1. The van der Waals surface area contributed by atoms with Gasteiger partial charge >= 0.3 is 0 Å². The fraction of sp³-hybridized carbons (Fsp3) is 0.909. The number of hydrogen-bond donors (Lipinski definition) is 0. The lowest BCUT2D eigenvalue weighted by Gasteiger charge is -2.17. The number of alkyl halides is 1. The summed E-state index contributed by atoms with van der Waals surface area (Å²) < 4.78 is 5.41. The zero-order chi connectivity index (χ0) is 11.4. The van der Waals surface area contributed by atoms with Crippen LogP contribution in [-0.4, -0.2) is 42.5 Å². The summed E-state index contributed by atoms with van der Waals surface area (Å²) in [5, 5.41) is -0.414. The Labute approximate surface area is 96.7 Å². The van der Waals surface area contributed by atoms with Crippen LogP contribution in [0.15, 0.2) is 0 Å². The normalized spacial score (nSPS) is 28.1. The molecule has 3 nitrogen and oxygen atoms in total. The van der Waals surface area contributed by atoms with Crippen LogP contribution in [0.3, 0.4) is 0 Å². The molecule has 1 saturated heterocycles. The van der Waals surface area contributed by atoms with Crippen molar-refractivity contribution in [2.75, 3.05) is 26.3 Å². The van der Waals surface area contributed by atoms with Gasteiger partial charge in [0.25, 0.3) is 0 Å². The summed E-state index contributed by atoms with van der Waals surface area (Å²) in [6.07, 6.45) is 0. The summed E-state index contributed by atoms with van der Waals surface area (Å²) in [5.41, 5.74) is 0. The molecule has 0 saturated carbocycles. The van der Waals surface area contributed by atoms with Gasteiger partial charge in [0.2, 0.25) is 5.91 Å². The van der Waals surface area contributed by atoms with Crippen molar-refractivity contribution in [2.45, 2.75) is 26.1 Å². The minimum absolute atomic E-state index is 0.0440. The molecule has 3 atom stereocenters. The van der Waals surface area contributed by atoms with Gasteiger partial charge in [0, 0.05) is 25.6 Å². The van der Waals surface area contributed by atoms with E-state index >= 15 is 0 Å². The maximum absolute atomic E-state index is 11.7. The minimum atomic E-state index is -0.414. The number of carbonyl (C=O) groups is 1. The van der Waals surface area contributed by atoms with Crippen LogP contribution in [0.2, 0.25) is 0 Å².